The van der Waals surface area contributed by atoms with Crippen molar-refractivity contribution in [1.29, 1.82) is 0 Å². The molecule has 2 N–H and O–H groups in total. The Labute approximate surface area is 224 Å². The summed E-state index contributed by atoms with van der Waals surface area (Å²) in [7, 11) is 1.66. The van der Waals surface area contributed by atoms with E-state index in [4.69, 9.17) is 9.47 Å². The number of ether oxygens (including phenoxy) is 2. The number of hydrogen-bond donors (Lipinski definition) is 2. The number of aliphatic hydroxyl groups excluding tert-OH is 1. The molecule has 6 nitrogen and oxygen atoms in total. The SMILES string of the molecule is COCCCC(=O)c1cc(CC(CC[C@@H](O)CC(C(=O)NC2CCOCC2)C(C)C)C(C)C)ccc1C. The number of carbonyl (C=O) groups is 2. The second kappa shape index (κ2) is 16.3. The Hall–Kier alpha value is -1.76. The lowest BCUT2D eigenvalue weighted by atomic mass is 9.82. The van der Waals surface area contributed by atoms with E-state index in [0.29, 0.717) is 50.9 Å². The highest BCUT2D eigenvalue weighted by Gasteiger charge is 2.28. The summed E-state index contributed by atoms with van der Waals surface area (Å²) in [4.78, 5) is 25.7. The van der Waals surface area contributed by atoms with Gasteiger partial charge in [0.2, 0.25) is 5.91 Å². The van der Waals surface area contributed by atoms with E-state index in [-0.39, 0.29) is 29.6 Å². The number of carbonyl (C=O) groups excluding carboxylic acids is 2. The number of Topliss-reactive ketones (excluding diaryl/α,β-unsaturated/α-hetero) is 1. The van der Waals surface area contributed by atoms with Crippen molar-refractivity contribution in [2.24, 2.45) is 23.7 Å². The molecule has 0 aliphatic carbocycles. The molecular weight excluding hydrogens is 466 g/mol. The lowest BCUT2D eigenvalue weighted by Crippen LogP contribution is -2.44. The Bertz CT molecular complexity index is 831. The number of hydrogen-bond acceptors (Lipinski definition) is 5. The Morgan fingerprint density at radius 3 is 2.43 bits per heavy atom. The Morgan fingerprint density at radius 2 is 1.81 bits per heavy atom. The lowest BCUT2D eigenvalue weighted by molar-refractivity contribution is -0.129. The van der Waals surface area contributed by atoms with Gasteiger partial charge in [-0.2, -0.15) is 0 Å². The minimum Gasteiger partial charge on any atom is -0.393 e. The number of nitrogens with one attached hydrogen (secondary N) is 1. The van der Waals surface area contributed by atoms with E-state index in [9.17, 15) is 14.7 Å². The van der Waals surface area contributed by atoms with Crippen LogP contribution in [0, 0.1) is 30.6 Å². The minimum absolute atomic E-state index is 0.0590. The van der Waals surface area contributed by atoms with Crippen molar-refractivity contribution >= 4 is 11.7 Å². The van der Waals surface area contributed by atoms with Crippen molar-refractivity contribution in [1.82, 2.24) is 5.32 Å². The van der Waals surface area contributed by atoms with Crippen LogP contribution in [0.15, 0.2) is 18.2 Å². The van der Waals surface area contributed by atoms with Crippen LogP contribution < -0.4 is 5.32 Å². The first-order chi connectivity index (χ1) is 17.6. The number of rotatable bonds is 16. The second-order valence-corrected chi connectivity index (χ2v) is 11.6. The molecule has 1 heterocycles. The molecule has 2 rings (SSSR count). The maximum atomic E-state index is 13.0. The zero-order chi connectivity index (χ0) is 27.4. The van der Waals surface area contributed by atoms with E-state index in [1.54, 1.807) is 7.11 Å². The molecule has 1 aromatic rings. The summed E-state index contributed by atoms with van der Waals surface area (Å²) in [6, 6.07) is 6.42. The number of aryl methyl sites for hydroxylation is 1. The summed E-state index contributed by atoms with van der Waals surface area (Å²) >= 11 is 0. The zero-order valence-electron chi connectivity index (χ0n) is 24.1. The predicted octanol–water partition coefficient (Wildman–Crippen LogP) is 5.52. The van der Waals surface area contributed by atoms with Gasteiger partial charge in [-0.1, -0.05) is 39.8 Å². The van der Waals surface area contributed by atoms with Gasteiger partial charge in [0.1, 0.15) is 0 Å². The molecule has 6 heteroatoms. The third kappa shape index (κ3) is 10.9. The monoisotopic (exact) mass is 517 g/mol. The smallest absolute Gasteiger partial charge is 0.223 e. The van der Waals surface area contributed by atoms with Gasteiger partial charge < -0.3 is 19.9 Å². The van der Waals surface area contributed by atoms with Gasteiger partial charge >= 0.3 is 0 Å². The molecule has 0 radical (unpaired) electrons. The minimum atomic E-state index is -0.509. The molecule has 0 spiro atoms. The summed E-state index contributed by atoms with van der Waals surface area (Å²) in [5, 5.41) is 14.1. The summed E-state index contributed by atoms with van der Waals surface area (Å²) in [6.07, 6.45) is 5.35. The molecule has 1 saturated heterocycles. The topological polar surface area (TPSA) is 84.9 Å². The number of benzene rings is 1. The lowest BCUT2D eigenvalue weighted by Gasteiger charge is -2.29. The Kier molecular flexibility index (Phi) is 13.8. The van der Waals surface area contributed by atoms with Crippen LogP contribution in [0.25, 0.3) is 0 Å². The van der Waals surface area contributed by atoms with Gasteiger partial charge in [0.05, 0.1) is 6.10 Å². The van der Waals surface area contributed by atoms with Gasteiger partial charge in [-0.05, 0) is 86.8 Å². The van der Waals surface area contributed by atoms with E-state index in [1.165, 1.54) is 5.56 Å². The van der Waals surface area contributed by atoms with E-state index >= 15 is 0 Å². The molecule has 0 saturated carbocycles. The van der Waals surface area contributed by atoms with Crippen molar-refractivity contribution in [2.45, 2.75) is 98.1 Å². The van der Waals surface area contributed by atoms with Crippen LogP contribution in [-0.2, 0) is 20.7 Å². The van der Waals surface area contributed by atoms with Gasteiger partial charge in [0.25, 0.3) is 0 Å². The molecule has 1 aliphatic heterocycles. The van der Waals surface area contributed by atoms with Crippen molar-refractivity contribution in [3.63, 3.8) is 0 Å². The highest BCUT2D eigenvalue weighted by Crippen LogP contribution is 2.27. The quantitative estimate of drug-likeness (QED) is 0.223. The summed E-state index contributed by atoms with van der Waals surface area (Å²) in [6.45, 7) is 12.5. The summed E-state index contributed by atoms with van der Waals surface area (Å²) < 4.78 is 10.5. The highest BCUT2D eigenvalue weighted by molar-refractivity contribution is 5.97. The van der Waals surface area contributed by atoms with E-state index in [1.807, 2.05) is 6.92 Å². The first-order valence-corrected chi connectivity index (χ1v) is 14.3. The normalized spacial score (nSPS) is 17.1. The van der Waals surface area contributed by atoms with E-state index in [0.717, 1.165) is 43.2 Å². The van der Waals surface area contributed by atoms with Gasteiger partial charge in [0, 0.05) is 50.9 Å². The maximum Gasteiger partial charge on any atom is 0.223 e. The molecule has 37 heavy (non-hydrogen) atoms. The number of aliphatic hydroxyl groups is 1. The van der Waals surface area contributed by atoms with E-state index < -0.39 is 6.10 Å². The third-order valence-corrected chi connectivity index (χ3v) is 7.90. The molecule has 1 amide bonds. The Balaban J connectivity index is 1.94. The van der Waals surface area contributed by atoms with Gasteiger partial charge in [-0.3, -0.25) is 9.59 Å². The first-order valence-electron chi connectivity index (χ1n) is 14.3. The van der Waals surface area contributed by atoms with Crippen LogP contribution in [0.5, 0.6) is 0 Å². The second-order valence-electron chi connectivity index (χ2n) is 11.6. The van der Waals surface area contributed by atoms with Gasteiger partial charge in [-0.15, -0.1) is 0 Å². The fourth-order valence-corrected chi connectivity index (χ4v) is 5.23. The van der Waals surface area contributed by atoms with Crippen molar-refractivity contribution in [3.8, 4) is 0 Å². The van der Waals surface area contributed by atoms with Crippen molar-refractivity contribution in [2.75, 3.05) is 26.9 Å². The van der Waals surface area contributed by atoms with Gasteiger partial charge in [-0.25, -0.2) is 0 Å². The fraction of sp³-hybridized carbons (Fsp3) is 0.742. The molecule has 3 atom stereocenters. The molecule has 0 aromatic heterocycles. The van der Waals surface area contributed by atoms with Crippen LogP contribution in [0.3, 0.4) is 0 Å². The van der Waals surface area contributed by atoms with Crippen LogP contribution in [0.2, 0.25) is 0 Å². The average molecular weight is 518 g/mol. The predicted molar refractivity (Wildman–Crippen MR) is 149 cm³/mol. The Morgan fingerprint density at radius 1 is 1.11 bits per heavy atom. The number of methoxy groups -OCH3 is 1. The van der Waals surface area contributed by atoms with Crippen LogP contribution in [0.4, 0.5) is 0 Å². The fourth-order valence-electron chi connectivity index (χ4n) is 5.23. The average Bonchev–Trinajstić information content (AvgIpc) is 2.86. The third-order valence-electron chi connectivity index (χ3n) is 7.90. The van der Waals surface area contributed by atoms with Crippen LogP contribution in [-0.4, -0.2) is 55.9 Å². The molecular formula is C31H51NO5. The standard InChI is InChI=1S/C31H51NO5/c1-21(2)25(18-24-10-9-23(5)29(19-24)30(34)8-7-15-36-6)11-12-27(33)20-28(22(3)4)31(35)32-26-13-16-37-17-14-26/h9-10,19,21-22,25-28,33H,7-8,11-18,20H2,1-6H3,(H,32,35)/t25?,27-,28?/m1/s1. The largest absolute Gasteiger partial charge is 0.393 e. The molecule has 2 unspecified atom stereocenters. The highest BCUT2D eigenvalue weighted by atomic mass is 16.5. The van der Waals surface area contributed by atoms with E-state index in [2.05, 4.69) is 51.2 Å². The number of amides is 1. The van der Waals surface area contributed by atoms with Crippen LogP contribution in [0.1, 0.15) is 94.1 Å². The van der Waals surface area contributed by atoms with Gasteiger partial charge in [0.15, 0.2) is 5.78 Å². The molecule has 1 aliphatic rings. The molecule has 0 bridgehead atoms. The molecule has 1 aromatic carbocycles. The number of ketones is 1. The zero-order valence-corrected chi connectivity index (χ0v) is 24.1. The van der Waals surface area contributed by atoms with Crippen LogP contribution >= 0.6 is 0 Å². The van der Waals surface area contributed by atoms with Crippen molar-refractivity contribution < 1.29 is 24.2 Å². The molecule has 210 valence electrons. The molecule has 1 fully saturated rings. The summed E-state index contributed by atoms with van der Waals surface area (Å²) in [5.74, 6) is 1.05. The maximum absolute atomic E-state index is 13.0. The summed E-state index contributed by atoms with van der Waals surface area (Å²) in [5.41, 5.74) is 3.00. The van der Waals surface area contributed by atoms with Crippen molar-refractivity contribution in [3.05, 3.63) is 34.9 Å². The first kappa shape index (κ1) is 31.5.